The zero-order valence-electron chi connectivity index (χ0n) is 13.3. The van der Waals surface area contributed by atoms with Crippen LogP contribution in [0.3, 0.4) is 0 Å². The normalized spacial score (nSPS) is 10.5. The van der Waals surface area contributed by atoms with Crippen molar-refractivity contribution in [2.75, 3.05) is 6.61 Å². The number of rotatable bonds is 7. The van der Waals surface area contributed by atoms with Gasteiger partial charge in [0.15, 0.2) is 0 Å². The van der Waals surface area contributed by atoms with Crippen LogP contribution < -0.4 is 10.3 Å². The highest BCUT2D eigenvalue weighted by Crippen LogP contribution is 2.13. The van der Waals surface area contributed by atoms with Crippen LogP contribution in [0.25, 0.3) is 0 Å². The van der Waals surface area contributed by atoms with Gasteiger partial charge < -0.3 is 9.30 Å². The second-order valence-corrected chi connectivity index (χ2v) is 5.51. The summed E-state index contributed by atoms with van der Waals surface area (Å²) in [5.74, 6) is 0.827. The molecule has 0 amide bonds. The molecule has 6 heteroatoms. The number of nitro groups is 1. The number of aryl methyl sites for hydroxylation is 3. The molecule has 0 aliphatic heterocycles. The minimum atomic E-state index is -0.482. The van der Waals surface area contributed by atoms with Crippen LogP contribution in [0.15, 0.2) is 41.3 Å². The molecular formula is C17H20N2O4. The summed E-state index contributed by atoms with van der Waals surface area (Å²) in [6.45, 7) is 4.58. The largest absolute Gasteiger partial charge is 0.494 e. The van der Waals surface area contributed by atoms with Gasteiger partial charge in [0.25, 0.3) is 11.2 Å². The highest BCUT2D eigenvalue weighted by molar-refractivity contribution is 5.30. The molecule has 0 N–H and O–H groups in total. The fourth-order valence-corrected chi connectivity index (χ4v) is 2.31. The summed E-state index contributed by atoms with van der Waals surface area (Å²) in [5.41, 5.74) is 1.28. The van der Waals surface area contributed by atoms with Gasteiger partial charge in [-0.1, -0.05) is 12.1 Å². The van der Waals surface area contributed by atoms with Crippen LogP contribution in [0, 0.1) is 24.0 Å². The van der Waals surface area contributed by atoms with E-state index in [0.29, 0.717) is 25.1 Å². The van der Waals surface area contributed by atoms with Gasteiger partial charge in [0, 0.05) is 18.2 Å². The Hall–Kier alpha value is -2.63. The monoisotopic (exact) mass is 316 g/mol. The second-order valence-electron chi connectivity index (χ2n) is 5.51. The van der Waals surface area contributed by atoms with Gasteiger partial charge in [-0.25, -0.2) is 0 Å². The summed E-state index contributed by atoms with van der Waals surface area (Å²) >= 11 is 0. The van der Waals surface area contributed by atoms with Gasteiger partial charge in [0.05, 0.1) is 17.7 Å². The number of benzene rings is 1. The highest BCUT2D eigenvalue weighted by atomic mass is 16.6. The number of aromatic nitrogens is 1. The molecule has 0 atom stereocenters. The number of hydrogen-bond acceptors (Lipinski definition) is 4. The van der Waals surface area contributed by atoms with Crippen LogP contribution >= 0.6 is 0 Å². The van der Waals surface area contributed by atoms with Crippen LogP contribution in [-0.2, 0) is 6.54 Å². The first-order valence-electron chi connectivity index (χ1n) is 7.52. The number of ether oxygens (including phenoxy) is 1. The molecule has 2 rings (SSSR count). The third-order valence-corrected chi connectivity index (χ3v) is 3.51. The van der Waals surface area contributed by atoms with Crippen LogP contribution in [0.2, 0.25) is 0 Å². The van der Waals surface area contributed by atoms with Crippen LogP contribution in [0.5, 0.6) is 5.75 Å². The highest BCUT2D eigenvalue weighted by Gasteiger charge is 2.10. The van der Waals surface area contributed by atoms with Crippen molar-refractivity contribution in [2.45, 2.75) is 33.2 Å². The smallest absolute Gasteiger partial charge is 0.286 e. The molecule has 0 bridgehead atoms. The van der Waals surface area contributed by atoms with E-state index >= 15 is 0 Å². The molecule has 0 fully saturated rings. The Morgan fingerprint density at radius 2 is 2.00 bits per heavy atom. The quantitative estimate of drug-likeness (QED) is 0.446. The van der Waals surface area contributed by atoms with Crippen LogP contribution in [0.1, 0.15) is 24.0 Å². The summed E-state index contributed by atoms with van der Waals surface area (Å²) in [6.07, 6.45) is 2.78. The minimum absolute atomic E-state index is 0.0573. The van der Waals surface area contributed by atoms with Gasteiger partial charge >= 0.3 is 0 Å². The van der Waals surface area contributed by atoms with Gasteiger partial charge in [-0.15, -0.1) is 0 Å². The lowest BCUT2D eigenvalue weighted by molar-refractivity contribution is -0.385. The molecule has 1 aromatic carbocycles. The van der Waals surface area contributed by atoms with Crippen molar-refractivity contribution in [3.8, 4) is 5.75 Å². The maximum atomic E-state index is 12.0. The molecule has 6 nitrogen and oxygen atoms in total. The summed E-state index contributed by atoms with van der Waals surface area (Å²) < 4.78 is 7.05. The van der Waals surface area contributed by atoms with Crippen molar-refractivity contribution in [1.82, 2.24) is 4.57 Å². The van der Waals surface area contributed by atoms with E-state index in [1.807, 2.05) is 31.2 Å². The molecular weight excluding hydrogens is 296 g/mol. The van der Waals surface area contributed by atoms with Crippen molar-refractivity contribution in [1.29, 1.82) is 0 Å². The topological polar surface area (TPSA) is 74.4 Å². The minimum Gasteiger partial charge on any atom is -0.494 e. The number of pyridine rings is 1. The lowest BCUT2D eigenvalue weighted by atomic mass is 10.2. The van der Waals surface area contributed by atoms with Crippen molar-refractivity contribution < 1.29 is 9.66 Å². The molecule has 1 heterocycles. The molecule has 1 aromatic heterocycles. The first-order chi connectivity index (χ1) is 11.0. The fraction of sp³-hybridized carbons (Fsp3) is 0.353. The van der Waals surface area contributed by atoms with Crippen LogP contribution in [0.4, 0.5) is 5.69 Å². The zero-order valence-corrected chi connectivity index (χ0v) is 13.3. The molecule has 2 aromatic rings. The van der Waals surface area contributed by atoms with E-state index in [1.54, 1.807) is 6.92 Å². The second kappa shape index (κ2) is 7.58. The Bertz CT molecular complexity index is 752. The predicted molar refractivity (Wildman–Crippen MR) is 88.0 cm³/mol. The average molecular weight is 316 g/mol. The molecule has 0 spiro atoms. The maximum absolute atomic E-state index is 12.0. The molecule has 0 unspecified atom stereocenters. The Morgan fingerprint density at radius 1 is 1.22 bits per heavy atom. The van der Waals surface area contributed by atoms with Gasteiger partial charge in [-0.05, 0) is 44.4 Å². The Balaban J connectivity index is 1.87. The summed E-state index contributed by atoms with van der Waals surface area (Å²) in [7, 11) is 0. The van der Waals surface area contributed by atoms with Gasteiger partial charge in [0.2, 0.25) is 0 Å². The molecule has 0 aliphatic carbocycles. The van der Waals surface area contributed by atoms with Crippen LogP contribution in [-0.4, -0.2) is 16.1 Å². The van der Waals surface area contributed by atoms with Crippen molar-refractivity contribution in [3.63, 3.8) is 0 Å². The number of hydrogen-bond donors (Lipinski definition) is 0. The van der Waals surface area contributed by atoms with Crippen molar-refractivity contribution in [3.05, 3.63) is 68.1 Å². The third-order valence-electron chi connectivity index (χ3n) is 3.51. The van der Waals surface area contributed by atoms with Gasteiger partial charge in [0.1, 0.15) is 5.75 Å². The first-order valence-corrected chi connectivity index (χ1v) is 7.52. The van der Waals surface area contributed by atoms with E-state index in [0.717, 1.165) is 17.7 Å². The van der Waals surface area contributed by atoms with E-state index in [9.17, 15) is 14.9 Å². The lowest BCUT2D eigenvalue weighted by Crippen LogP contribution is -2.22. The molecule has 0 radical (unpaired) electrons. The van der Waals surface area contributed by atoms with Gasteiger partial charge in [-0.2, -0.15) is 0 Å². The Labute approximate surface area is 134 Å². The molecule has 0 saturated heterocycles. The van der Waals surface area contributed by atoms with E-state index in [1.165, 1.54) is 16.8 Å². The Kier molecular flexibility index (Phi) is 5.51. The first kappa shape index (κ1) is 16.7. The van der Waals surface area contributed by atoms with E-state index in [-0.39, 0.29) is 11.2 Å². The standard InChI is InChI=1S/C17H20N2O4/c1-13-6-5-7-16(10-13)23-9-4-3-8-18-12-15(19(21)22)11-14(2)17(18)20/h5-7,10-12H,3-4,8-9H2,1-2H3. The summed E-state index contributed by atoms with van der Waals surface area (Å²) in [6, 6.07) is 9.12. The number of nitrogens with zero attached hydrogens (tertiary/aromatic N) is 2. The van der Waals surface area contributed by atoms with Crippen molar-refractivity contribution >= 4 is 5.69 Å². The van der Waals surface area contributed by atoms with Crippen molar-refractivity contribution in [2.24, 2.45) is 0 Å². The molecule has 0 saturated carbocycles. The molecule has 122 valence electrons. The average Bonchev–Trinajstić information content (AvgIpc) is 2.50. The summed E-state index contributed by atoms with van der Waals surface area (Å²) in [4.78, 5) is 22.3. The van der Waals surface area contributed by atoms with E-state index in [2.05, 4.69) is 0 Å². The molecule has 23 heavy (non-hydrogen) atoms. The lowest BCUT2D eigenvalue weighted by Gasteiger charge is -2.08. The predicted octanol–water partition coefficient (Wildman–Crippen LogP) is 3.23. The number of unbranched alkanes of at least 4 members (excludes halogenated alkanes) is 1. The fourth-order valence-electron chi connectivity index (χ4n) is 2.31. The van der Waals surface area contributed by atoms with E-state index < -0.39 is 4.92 Å². The maximum Gasteiger partial charge on any atom is 0.286 e. The van der Waals surface area contributed by atoms with E-state index in [4.69, 9.17) is 4.74 Å². The molecule has 0 aliphatic rings. The SMILES string of the molecule is Cc1cccc(OCCCCn2cc([N+](=O)[O-])cc(C)c2=O)c1. The summed E-state index contributed by atoms with van der Waals surface area (Å²) in [5, 5.41) is 10.8. The Morgan fingerprint density at radius 3 is 2.70 bits per heavy atom. The third kappa shape index (κ3) is 4.67. The zero-order chi connectivity index (χ0) is 16.8. The van der Waals surface area contributed by atoms with Gasteiger partial charge in [-0.3, -0.25) is 14.9 Å².